The molecule has 0 aliphatic rings. The molecule has 0 aliphatic carbocycles. The van der Waals surface area contributed by atoms with E-state index in [9.17, 15) is 4.79 Å². The molecule has 96 valence electrons. The number of aliphatic carboxylic acids is 1. The smallest absolute Gasteiger partial charge is 0.325 e. The molecule has 1 aromatic carbocycles. The van der Waals surface area contributed by atoms with E-state index in [0.29, 0.717) is 10.7 Å². The number of nitrogens with zero attached hydrogens (tertiary/aromatic N) is 5. The minimum atomic E-state index is -1.03. The Morgan fingerprint density at radius 1 is 1.58 bits per heavy atom. The maximum absolute atomic E-state index is 10.7. The average molecular weight is 275 g/mol. The van der Waals surface area contributed by atoms with Crippen molar-refractivity contribution >= 4 is 17.7 Å². The number of aryl methyl sites for hydroxylation is 1. The molecule has 0 saturated heterocycles. The van der Waals surface area contributed by atoms with Gasteiger partial charge in [0.05, 0.1) is 5.56 Å². The molecule has 0 radical (unpaired) electrons. The summed E-state index contributed by atoms with van der Waals surface area (Å²) in [6.07, 6.45) is 0. The maximum atomic E-state index is 10.7. The van der Waals surface area contributed by atoms with Crippen molar-refractivity contribution in [3.63, 3.8) is 0 Å². The van der Waals surface area contributed by atoms with Gasteiger partial charge in [0.15, 0.2) is 0 Å². The van der Waals surface area contributed by atoms with Gasteiger partial charge >= 0.3 is 5.97 Å². The van der Waals surface area contributed by atoms with Crippen molar-refractivity contribution in [2.75, 3.05) is 0 Å². The first-order chi connectivity index (χ1) is 9.11. The molecule has 19 heavy (non-hydrogen) atoms. The molecule has 1 heterocycles. The number of hydrogen-bond donors (Lipinski definition) is 1. The van der Waals surface area contributed by atoms with Crippen LogP contribution >= 0.6 is 11.8 Å². The molecule has 7 nitrogen and oxygen atoms in total. The quantitative estimate of drug-likeness (QED) is 0.890. The van der Waals surface area contributed by atoms with Gasteiger partial charge in [-0.1, -0.05) is 12.1 Å². The van der Waals surface area contributed by atoms with Crippen molar-refractivity contribution in [1.29, 1.82) is 5.26 Å². The van der Waals surface area contributed by atoms with Gasteiger partial charge in [-0.05, 0) is 40.7 Å². The van der Waals surface area contributed by atoms with Gasteiger partial charge in [0.1, 0.15) is 12.6 Å². The highest BCUT2D eigenvalue weighted by Crippen LogP contribution is 2.31. The minimum Gasteiger partial charge on any atom is -0.480 e. The van der Waals surface area contributed by atoms with Crippen molar-refractivity contribution in [2.45, 2.75) is 23.5 Å². The van der Waals surface area contributed by atoms with Crippen molar-refractivity contribution in [2.24, 2.45) is 0 Å². The predicted octanol–water partition coefficient (Wildman–Crippen LogP) is 1.09. The lowest BCUT2D eigenvalue weighted by molar-refractivity contribution is -0.138. The highest BCUT2D eigenvalue weighted by Gasteiger charge is 2.14. The zero-order chi connectivity index (χ0) is 13.8. The van der Waals surface area contributed by atoms with E-state index in [1.54, 1.807) is 12.1 Å². The Labute approximate surface area is 112 Å². The lowest BCUT2D eigenvalue weighted by Crippen LogP contribution is -2.11. The van der Waals surface area contributed by atoms with E-state index in [1.807, 2.05) is 13.0 Å². The number of tetrazole rings is 1. The number of carbonyl (C=O) groups is 1. The van der Waals surface area contributed by atoms with Crippen molar-refractivity contribution in [3.8, 4) is 6.07 Å². The van der Waals surface area contributed by atoms with Gasteiger partial charge < -0.3 is 5.11 Å². The van der Waals surface area contributed by atoms with Crippen LogP contribution in [0.1, 0.15) is 11.1 Å². The number of aromatic nitrogens is 4. The van der Waals surface area contributed by atoms with Crippen LogP contribution in [0.4, 0.5) is 0 Å². The second-order valence-corrected chi connectivity index (χ2v) is 4.66. The molecule has 0 saturated carbocycles. The van der Waals surface area contributed by atoms with E-state index in [-0.39, 0.29) is 6.54 Å². The standard InChI is InChI=1S/C11H9N5O2S/c1-7-3-2-4-8(5-12)10(7)19-11-13-14-15-16(11)6-9(17)18/h2-4H,6H2,1H3,(H,17,18). The topological polar surface area (TPSA) is 105 Å². The summed E-state index contributed by atoms with van der Waals surface area (Å²) in [5.41, 5.74) is 1.42. The molecule has 8 heteroatoms. The monoisotopic (exact) mass is 275 g/mol. The van der Waals surface area contributed by atoms with Crippen LogP contribution in [0.5, 0.6) is 0 Å². The van der Waals surface area contributed by atoms with E-state index in [0.717, 1.165) is 10.5 Å². The number of nitriles is 1. The molecule has 2 aromatic rings. The zero-order valence-electron chi connectivity index (χ0n) is 9.94. The number of carboxylic acids is 1. The summed E-state index contributed by atoms with van der Waals surface area (Å²) in [5.74, 6) is -1.03. The number of benzene rings is 1. The lowest BCUT2D eigenvalue weighted by Gasteiger charge is -2.06. The minimum absolute atomic E-state index is 0.316. The van der Waals surface area contributed by atoms with Gasteiger partial charge in [-0.3, -0.25) is 4.79 Å². The molecule has 1 aromatic heterocycles. The second kappa shape index (κ2) is 5.49. The van der Waals surface area contributed by atoms with Gasteiger partial charge in [-0.25, -0.2) is 4.68 Å². The number of rotatable bonds is 4. The van der Waals surface area contributed by atoms with Crippen LogP contribution in [0, 0.1) is 18.3 Å². The first-order valence-electron chi connectivity index (χ1n) is 5.27. The van der Waals surface area contributed by atoms with Crippen LogP contribution in [-0.4, -0.2) is 31.3 Å². The Balaban J connectivity index is 2.35. The normalized spacial score (nSPS) is 10.1. The lowest BCUT2D eigenvalue weighted by atomic mass is 10.1. The SMILES string of the molecule is Cc1cccc(C#N)c1Sc1nnnn1CC(=O)O. The highest BCUT2D eigenvalue weighted by atomic mass is 32.2. The Morgan fingerprint density at radius 3 is 3.05 bits per heavy atom. The first kappa shape index (κ1) is 13.0. The Hall–Kier alpha value is -2.40. The van der Waals surface area contributed by atoms with E-state index < -0.39 is 5.97 Å². The fraction of sp³-hybridized carbons (Fsp3) is 0.182. The molecular weight excluding hydrogens is 266 g/mol. The Morgan fingerprint density at radius 2 is 2.37 bits per heavy atom. The highest BCUT2D eigenvalue weighted by molar-refractivity contribution is 7.99. The van der Waals surface area contributed by atoms with Crippen LogP contribution in [-0.2, 0) is 11.3 Å². The Bertz CT molecular complexity index is 661. The summed E-state index contributed by atoms with van der Waals surface area (Å²) in [6.45, 7) is 1.55. The fourth-order valence-corrected chi connectivity index (χ4v) is 2.38. The third-order valence-corrected chi connectivity index (χ3v) is 3.53. The van der Waals surface area contributed by atoms with E-state index >= 15 is 0 Å². The molecule has 2 rings (SSSR count). The van der Waals surface area contributed by atoms with E-state index in [4.69, 9.17) is 10.4 Å². The number of hydrogen-bond acceptors (Lipinski definition) is 6. The summed E-state index contributed by atoms with van der Waals surface area (Å²) in [7, 11) is 0. The zero-order valence-corrected chi connectivity index (χ0v) is 10.8. The van der Waals surface area contributed by atoms with Crippen molar-refractivity contribution in [1.82, 2.24) is 20.2 Å². The van der Waals surface area contributed by atoms with Crippen molar-refractivity contribution < 1.29 is 9.90 Å². The second-order valence-electron chi connectivity index (χ2n) is 3.68. The summed E-state index contributed by atoms with van der Waals surface area (Å²) < 4.78 is 1.18. The molecular formula is C11H9N5O2S. The van der Waals surface area contributed by atoms with E-state index in [2.05, 4.69) is 21.6 Å². The Kier molecular flexibility index (Phi) is 3.77. The molecule has 0 atom stereocenters. The van der Waals surface area contributed by atoms with Gasteiger partial charge in [-0.2, -0.15) is 5.26 Å². The maximum Gasteiger partial charge on any atom is 0.325 e. The molecule has 0 unspecified atom stereocenters. The molecule has 1 N–H and O–H groups in total. The van der Waals surface area contributed by atoms with Gasteiger partial charge in [0, 0.05) is 4.90 Å². The third-order valence-electron chi connectivity index (χ3n) is 2.31. The van der Waals surface area contributed by atoms with Gasteiger partial charge in [-0.15, -0.1) is 5.10 Å². The predicted molar refractivity (Wildman–Crippen MR) is 65.5 cm³/mol. The molecule has 0 fully saturated rings. The summed E-state index contributed by atoms with van der Waals surface area (Å²) >= 11 is 1.18. The van der Waals surface area contributed by atoms with Gasteiger partial charge in [0.2, 0.25) is 5.16 Å². The fourth-order valence-electron chi connectivity index (χ4n) is 1.46. The van der Waals surface area contributed by atoms with E-state index in [1.165, 1.54) is 16.4 Å². The molecule has 0 spiro atoms. The summed E-state index contributed by atoms with van der Waals surface area (Å²) in [4.78, 5) is 11.4. The van der Waals surface area contributed by atoms with Crippen LogP contribution in [0.15, 0.2) is 28.3 Å². The van der Waals surface area contributed by atoms with Crippen molar-refractivity contribution in [3.05, 3.63) is 29.3 Å². The summed E-state index contributed by atoms with van der Waals surface area (Å²) in [5, 5.41) is 29.0. The largest absolute Gasteiger partial charge is 0.480 e. The third kappa shape index (κ3) is 2.89. The van der Waals surface area contributed by atoms with Crippen LogP contribution in [0.2, 0.25) is 0 Å². The molecule has 0 amide bonds. The first-order valence-corrected chi connectivity index (χ1v) is 6.09. The van der Waals surface area contributed by atoms with Crippen LogP contribution in [0.25, 0.3) is 0 Å². The van der Waals surface area contributed by atoms with Crippen LogP contribution < -0.4 is 0 Å². The van der Waals surface area contributed by atoms with Crippen LogP contribution in [0.3, 0.4) is 0 Å². The number of carboxylic acid groups (broad SMARTS) is 1. The summed E-state index contributed by atoms with van der Waals surface area (Å²) in [6, 6.07) is 7.45. The van der Waals surface area contributed by atoms with Gasteiger partial charge in [0.25, 0.3) is 0 Å². The molecule has 0 aliphatic heterocycles. The molecule has 0 bridgehead atoms. The average Bonchev–Trinajstić information content (AvgIpc) is 2.78.